The van der Waals surface area contributed by atoms with Gasteiger partial charge < -0.3 is 5.32 Å². The summed E-state index contributed by atoms with van der Waals surface area (Å²) in [5.41, 5.74) is 3.74. The maximum Gasteiger partial charge on any atom is 0.259 e. The first-order chi connectivity index (χ1) is 14.3. The van der Waals surface area contributed by atoms with Crippen LogP contribution in [0.25, 0.3) is 0 Å². The Kier molecular flexibility index (Phi) is 5.03. The van der Waals surface area contributed by atoms with Gasteiger partial charge in [-0.15, -0.1) is 0 Å². The molecule has 1 aromatic carbocycles. The molecule has 0 radical (unpaired) electrons. The Morgan fingerprint density at radius 1 is 1.13 bits per heavy atom. The van der Waals surface area contributed by atoms with Gasteiger partial charge in [0.1, 0.15) is 0 Å². The molecule has 0 unspecified atom stereocenters. The van der Waals surface area contributed by atoms with E-state index < -0.39 is 5.54 Å². The number of benzene rings is 1. The number of carbonyl (C=O) groups is 2. The second-order valence-corrected chi connectivity index (χ2v) is 8.25. The number of amides is 2. The van der Waals surface area contributed by atoms with Crippen LogP contribution in [0, 0.1) is 6.92 Å². The van der Waals surface area contributed by atoms with E-state index in [1.807, 2.05) is 32.9 Å². The highest BCUT2D eigenvalue weighted by molar-refractivity contribution is 6.31. The first kappa shape index (κ1) is 20.0. The zero-order valence-electron chi connectivity index (χ0n) is 16.9. The van der Waals surface area contributed by atoms with Crippen molar-refractivity contribution in [1.29, 1.82) is 0 Å². The molecular weight excluding hydrogens is 400 g/mol. The average Bonchev–Trinajstić information content (AvgIpc) is 2.92. The van der Waals surface area contributed by atoms with E-state index in [-0.39, 0.29) is 18.4 Å². The summed E-state index contributed by atoms with van der Waals surface area (Å²) in [5, 5.41) is 3.46. The van der Waals surface area contributed by atoms with Gasteiger partial charge in [-0.1, -0.05) is 11.6 Å². The minimum absolute atomic E-state index is 0.0969. The number of carbonyl (C=O) groups excluding carboxylic acids is 2. The van der Waals surface area contributed by atoms with Crippen molar-refractivity contribution in [3.8, 4) is 0 Å². The Morgan fingerprint density at radius 3 is 2.67 bits per heavy atom. The van der Waals surface area contributed by atoms with E-state index in [1.54, 1.807) is 47.8 Å². The van der Waals surface area contributed by atoms with E-state index in [0.29, 0.717) is 21.8 Å². The molecule has 4 rings (SSSR count). The van der Waals surface area contributed by atoms with Crippen molar-refractivity contribution in [2.75, 3.05) is 4.90 Å². The molecular formula is C23H21ClN4O2. The number of hydrogen-bond donors (Lipinski definition) is 1. The van der Waals surface area contributed by atoms with Gasteiger partial charge in [0.25, 0.3) is 11.8 Å². The third kappa shape index (κ3) is 3.55. The summed E-state index contributed by atoms with van der Waals surface area (Å²) in [6.45, 7) is 6.11. The van der Waals surface area contributed by atoms with Gasteiger partial charge in [-0.2, -0.15) is 0 Å². The Labute approximate surface area is 179 Å². The number of anilines is 1. The number of nitrogens with zero attached hydrogens (tertiary/aromatic N) is 3. The maximum absolute atomic E-state index is 13.1. The van der Waals surface area contributed by atoms with Crippen LogP contribution < -0.4 is 10.2 Å². The molecule has 0 saturated carbocycles. The smallest absolute Gasteiger partial charge is 0.259 e. The monoisotopic (exact) mass is 420 g/mol. The molecule has 2 amide bonds. The number of aromatic nitrogens is 2. The molecule has 1 aliphatic rings. The van der Waals surface area contributed by atoms with Gasteiger partial charge in [0, 0.05) is 35.2 Å². The summed E-state index contributed by atoms with van der Waals surface area (Å²) >= 11 is 6.16. The van der Waals surface area contributed by atoms with Crippen molar-refractivity contribution in [3.05, 3.63) is 88.0 Å². The zero-order valence-corrected chi connectivity index (χ0v) is 17.7. The van der Waals surface area contributed by atoms with E-state index >= 15 is 0 Å². The van der Waals surface area contributed by atoms with Crippen LogP contribution in [0.1, 0.15) is 51.4 Å². The fourth-order valence-corrected chi connectivity index (χ4v) is 3.90. The van der Waals surface area contributed by atoms with Gasteiger partial charge in [-0.3, -0.25) is 24.5 Å². The van der Waals surface area contributed by atoms with Gasteiger partial charge >= 0.3 is 0 Å². The van der Waals surface area contributed by atoms with Gasteiger partial charge in [-0.05, 0) is 68.3 Å². The number of fused-ring (bicyclic) bond motifs is 1. The molecule has 0 spiro atoms. The lowest BCUT2D eigenvalue weighted by molar-refractivity contribution is 0.0948. The first-order valence-corrected chi connectivity index (χ1v) is 9.94. The van der Waals surface area contributed by atoms with Crippen LogP contribution >= 0.6 is 11.6 Å². The molecule has 0 bridgehead atoms. The predicted molar refractivity (Wildman–Crippen MR) is 116 cm³/mol. The molecule has 6 nitrogen and oxygen atoms in total. The Morgan fingerprint density at radius 2 is 1.93 bits per heavy atom. The highest BCUT2D eigenvalue weighted by atomic mass is 35.5. The van der Waals surface area contributed by atoms with Crippen LogP contribution in [-0.4, -0.2) is 21.8 Å². The summed E-state index contributed by atoms with van der Waals surface area (Å²) < 4.78 is 0. The summed E-state index contributed by atoms with van der Waals surface area (Å²) in [7, 11) is 0. The van der Waals surface area contributed by atoms with Crippen LogP contribution in [0.2, 0.25) is 5.02 Å². The number of pyridine rings is 2. The molecule has 0 fully saturated rings. The molecule has 3 heterocycles. The number of nitrogens with one attached hydrogen (secondary N) is 1. The average molecular weight is 421 g/mol. The summed E-state index contributed by atoms with van der Waals surface area (Å²) in [5.74, 6) is -0.312. The van der Waals surface area contributed by atoms with Gasteiger partial charge in [0.2, 0.25) is 0 Å². The van der Waals surface area contributed by atoms with Gasteiger partial charge in [0.15, 0.2) is 0 Å². The van der Waals surface area contributed by atoms with E-state index in [1.165, 1.54) is 0 Å². The van der Waals surface area contributed by atoms with Crippen LogP contribution in [0.3, 0.4) is 0 Å². The minimum Gasteiger partial charge on any atom is -0.348 e. The standard InChI is InChI=1S/C23H21ClN4O2/c1-14-4-5-16(12-26-14)21(29)27-11-15-8-18(13-25-10-15)28-22(30)19-7-6-17(24)9-20(19)23(28,2)3/h4-10,12-13H,11H2,1-3H3,(H,27,29). The molecule has 0 aliphatic carbocycles. The normalized spacial score (nSPS) is 14.5. The predicted octanol–water partition coefficient (Wildman–Crippen LogP) is 4.26. The quantitative estimate of drug-likeness (QED) is 0.684. The van der Waals surface area contributed by atoms with Crippen molar-refractivity contribution in [2.45, 2.75) is 32.9 Å². The van der Waals surface area contributed by atoms with Crippen LogP contribution in [-0.2, 0) is 12.1 Å². The maximum atomic E-state index is 13.1. The molecule has 3 aromatic rings. The molecule has 152 valence electrons. The SMILES string of the molecule is Cc1ccc(C(=O)NCc2cncc(N3C(=O)c4ccc(Cl)cc4C3(C)C)c2)cn1. The Hall–Kier alpha value is -3.25. The van der Waals surface area contributed by atoms with Gasteiger partial charge in [0.05, 0.1) is 23.0 Å². The second-order valence-electron chi connectivity index (χ2n) is 7.81. The molecule has 1 N–H and O–H groups in total. The third-order valence-electron chi connectivity index (χ3n) is 5.30. The molecule has 30 heavy (non-hydrogen) atoms. The van der Waals surface area contributed by atoms with Crippen molar-refractivity contribution in [1.82, 2.24) is 15.3 Å². The van der Waals surface area contributed by atoms with Crippen molar-refractivity contribution in [3.63, 3.8) is 0 Å². The van der Waals surface area contributed by atoms with E-state index in [4.69, 9.17) is 11.6 Å². The molecule has 0 atom stereocenters. The van der Waals surface area contributed by atoms with E-state index in [9.17, 15) is 9.59 Å². The minimum atomic E-state index is -0.575. The highest BCUT2D eigenvalue weighted by Crippen LogP contribution is 2.42. The number of aryl methyl sites for hydroxylation is 1. The number of rotatable bonds is 4. The largest absolute Gasteiger partial charge is 0.348 e. The van der Waals surface area contributed by atoms with Crippen molar-refractivity contribution >= 4 is 29.1 Å². The fourth-order valence-electron chi connectivity index (χ4n) is 3.72. The van der Waals surface area contributed by atoms with Crippen molar-refractivity contribution < 1.29 is 9.59 Å². The van der Waals surface area contributed by atoms with Crippen LogP contribution in [0.5, 0.6) is 0 Å². The second kappa shape index (κ2) is 7.54. The number of hydrogen-bond acceptors (Lipinski definition) is 4. The van der Waals surface area contributed by atoms with Crippen molar-refractivity contribution in [2.24, 2.45) is 0 Å². The lowest BCUT2D eigenvalue weighted by Gasteiger charge is -2.32. The lowest BCUT2D eigenvalue weighted by Crippen LogP contribution is -2.39. The number of halogens is 1. The Bertz CT molecular complexity index is 1140. The van der Waals surface area contributed by atoms with E-state index in [0.717, 1.165) is 16.8 Å². The summed E-state index contributed by atoms with van der Waals surface area (Å²) in [6.07, 6.45) is 4.88. The molecule has 2 aromatic heterocycles. The molecule has 7 heteroatoms. The zero-order chi connectivity index (χ0) is 21.5. The third-order valence-corrected chi connectivity index (χ3v) is 5.53. The highest BCUT2D eigenvalue weighted by Gasteiger charge is 2.44. The molecule has 0 saturated heterocycles. The topological polar surface area (TPSA) is 75.2 Å². The summed E-state index contributed by atoms with van der Waals surface area (Å²) in [4.78, 5) is 35.6. The first-order valence-electron chi connectivity index (χ1n) is 9.57. The van der Waals surface area contributed by atoms with Crippen LogP contribution in [0.15, 0.2) is 55.0 Å². The fraction of sp³-hybridized carbons (Fsp3) is 0.217. The van der Waals surface area contributed by atoms with Crippen LogP contribution in [0.4, 0.5) is 5.69 Å². The summed E-state index contributed by atoms with van der Waals surface area (Å²) in [6, 6.07) is 10.7. The molecule has 1 aliphatic heterocycles. The lowest BCUT2D eigenvalue weighted by atomic mass is 9.93. The van der Waals surface area contributed by atoms with E-state index in [2.05, 4.69) is 15.3 Å². The van der Waals surface area contributed by atoms with Gasteiger partial charge in [-0.25, -0.2) is 0 Å². The Balaban J connectivity index is 1.56.